The predicted molar refractivity (Wildman–Crippen MR) is 25.8 cm³/mol. The normalized spacial score (nSPS) is 9.75. The van der Waals surface area contributed by atoms with Crippen LogP contribution in [-0.2, 0) is 13.7 Å². The van der Waals surface area contributed by atoms with Gasteiger partial charge in [0.2, 0.25) is 0 Å². The van der Waals surface area contributed by atoms with Gasteiger partial charge in [0.05, 0.1) is 6.61 Å². The molecule has 4 heteroatoms. The molecule has 0 atom stereocenters. The summed E-state index contributed by atoms with van der Waals surface area (Å²) < 4.78 is 1.42. The Morgan fingerprint density at radius 1 is 1.88 bits per heavy atom. The summed E-state index contributed by atoms with van der Waals surface area (Å²) in [5.41, 5.74) is 0.479. The summed E-state index contributed by atoms with van der Waals surface area (Å²) in [4.78, 5) is 0. The van der Waals surface area contributed by atoms with Crippen molar-refractivity contribution in [3.8, 4) is 0 Å². The van der Waals surface area contributed by atoms with Crippen molar-refractivity contribution in [2.45, 2.75) is 6.61 Å². The number of aliphatic hydroxyl groups is 1. The van der Waals surface area contributed by atoms with Gasteiger partial charge in [-0.3, -0.25) is 0 Å². The highest BCUT2D eigenvalue weighted by molar-refractivity contribution is 4.85. The number of hydrogen-bond acceptors (Lipinski definition) is 3. The Bertz CT molecular complexity index is 172. The van der Waals surface area contributed by atoms with Crippen LogP contribution in [0.3, 0.4) is 0 Å². The highest BCUT2D eigenvalue weighted by Crippen LogP contribution is 1.85. The van der Waals surface area contributed by atoms with Gasteiger partial charge >= 0.3 is 0 Å². The highest BCUT2D eigenvalue weighted by Gasteiger charge is 1.92. The third-order valence-corrected chi connectivity index (χ3v) is 0.740. The third-order valence-electron chi connectivity index (χ3n) is 0.740. The van der Waals surface area contributed by atoms with Gasteiger partial charge in [0.25, 0.3) is 0 Å². The van der Waals surface area contributed by atoms with Crippen LogP contribution >= 0.6 is 0 Å². The topological polar surface area (TPSA) is 50.9 Å². The fourth-order valence-corrected chi connectivity index (χ4v) is 0.420. The summed E-state index contributed by atoms with van der Waals surface area (Å²) >= 11 is 0. The minimum Gasteiger partial charge on any atom is -0.390 e. The molecule has 0 unspecified atom stereocenters. The van der Waals surface area contributed by atoms with Crippen LogP contribution in [-0.4, -0.2) is 20.1 Å². The lowest BCUT2D eigenvalue weighted by atomic mass is 10.5. The number of rotatable bonds is 1. The van der Waals surface area contributed by atoms with E-state index in [1.807, 2.05) is 0 Å². The summed E-state index contributed by atoms with van der Waals surface area (Å²) in [6.07, 6.45) is 2.67. The lowest BCUT2D eigenvalue weighted by Gasteiger charge is -1.76. The summed E-state index contributed by atoms with van der Waals surface area (Å²) in [6, 6.07) is 0. The maximum absolute atomic E-state index is 8.40. The van der Waals surface area contributed by atoms with Crippen molar-refractivity contribution in [3.05, 3.63) is 11.9 Å². The molecule has 0 aliphatic heterocycles. The van der Waals surface area contributed by atoms with Gasteiger partial charge in [-0.1, -0.05) is 5.21 Å². The molecule has 0 aliphatic rings. The molecule has 1 heterocycles. The molecule has 0 saturated heterocycles. The highest BCUT2D eigenvalue weighted by atomic mass is 16.3. The molecule has 0 aliphatic carbocycles. The minimum absolute atomic E-state index is 0.0894. The summed E-state index contributed by atoms with van der Waals surface area (Å²) in [7, 11) is 1.70. The van der Waals surface area contributed by atoms with Crippen LogP contribution in [0.15, 0.2) is 0 Å². The molecule has 43 valence electrons. The molecule has 1 aromatic heterocycles. The van der Waals surface area contributed by atoms with E-state index in [-0.39, 0.29) is 6.61 Å². The van der Waals surface area contributed by atoms with Gasteiger partial charge in [0.1, 0.15) is 11.9 Å². The Morgan fingerprint density at radius 3 is 2.88 bits per heavy atom. The number of aliphatic hydroxyl groups excluding tert-OH is 1. The third kappa shape index (κ3) is 0.840. The first kappa shape index (κ1) is 5.24. The largest absolute Gasteiger partial charge is 0.390 e. The monoisotopic (exact) mass is 112 g/mol. The molecular weight excluding hydrogens is 106 g/mol. The molecule has 8 heavy (non-hydrogen) atoms. The number of nitrogens with zero attached hydrogens (tertiary/aromatic N) is 3. The van der Waals surface area contributed by atoms with Crippen LogP contribution in [0, 0.1) is 6.20 Å². The Balaban J connectivity index is 2.84. The fourth-order valence-electron chi connectivity index (χ4n) is 0.420. The molecule has 1 N–H and O–H groups in total. The van der Waals surface area contributed by atoms with Gasteiger partial charge in [-0.15, -0.1) is 5.10 Å². The Labute approximate surface area is 46.8 Å². The van der Waals surface area contributed by atoms with Crippen LogP contribution in [0.25, 0.3) is 0 Å². The first-order chi connectivity index (χ1) is 3.83. The van der Waals surface area contributed by atoms with Gasteiger partial charge in [-0.2, -0.15) is 0 Å². The minimum atomic E-state index is -0.0894. The molecule has 4 nitrogen and oxygen atoms in total. The second-order valence-electron chi connectivity index (χ2n) is 1.43. The molecule has 0 amide bonds. The van der Waals surface area contributed by atoms with Gasteiger partial charge in [0, 0.05) is 7.05 Å². The van der Waals surface area contributed by atoms with E-state index in [9.17, 15) is 0 Å². The number of aromatic nitrogens is 3. The smallest absolute Gasteiger partial charge is 0.118 e. The van der Waals surface area contributed by atoms with E-state index >= 15 is 0 Å². The Kier molecular flexibility index (Phi) is 1.26. The van der Waals surface area contributed by atoms with E-state index in [2.05, 4.69) is 16.5 Å². The molecule has 1 radical (unpaired) electrons. The van der Waals surface area contributed by atoms with Crippen LogP contribution in [0.4, 0.5) is 0 Å². The van der Waals surface area contributed by atoms with Crippen LogP contribution in [0.2, 0.25) is 0 Å². The molecule has 0 aromatic carbocycles. The average molecular weight is 112 g/mol. The fraction of sp³-hybridized carbons (Fsp3) is 0.500. The zero-order valence-corrected chi connectivity index (χ0v) is 4.50. The number of aryl methyl sites for hydroxylation is 1. The second kappa shape index (κ2) is 1.92. The van der Waals surface area contributed by atoms with Gasteiger partial charge in [0.15, 0.2) is 0 Å². The van der Waals surface area contributed by atoms with Crippen LogP contribution in [0.5, 0.6) is 0 Å². The van der Waals surface area contributed by atoms with E-state index in [4.69, 9.17) is 5.11 Å². The Hall–Kier alpha value is -0.900. The van der Waals surface area contributed by atoms with Crippen molar-refractivity contribution in [1.82, 2.24) is 15.0 Å². The Morgan fingerprint density at radius 2 is 2.62 bits per heavy atom. The zero-order chi connectivity index (χ0) is 5.98. The first-order valence-corrected chi connectivity index (χ1v) is 2.21. The molecule has 1 aromatic rings. The quantitative estimate of drug-likeness (QED) is 0.512. The maximum Gasteiger partial charge on any atom is 0.118 e. The SMILES string of the molecule is Cn1[c]c(CO)nn1. The summed E-state index contributed by atoms with van der Waals surface area (Å²) in [6.45, 7) is -0.0894. The van der Waals surface area contributed by atoms with Gasteiger partial charge in [-0.25, -0.2) is 4.68 Å². The lowest BCUT2D eigenvalue weighted by Crippen LogP contribution is -1.86. The van der Waals surface area contributed by atoms with Crippen molar-refractivity contribution in [2.75, 3.05) is 0 Å². The van der Waals surface area contributed by atoms with Crippen LogP contribution < -0.4 is 0 Å². The molecule has 0 saturated carbocycles. The van der Waals surface area contributed by atoms with Crippen molar-refractivity contribution in [1.29, 1.82) is 0 Å². The summed E-state index contributed by atoms with van der Waals surface area (Å²) in [5, 5.41) is 15.5. The molecule has 0 fully saturated rings. The first-order valence-electron chi connectivity index (χ1n) is 2.21. The van der Waals surface area contributed by atoms with E-state index in [1.54, 1.807) is 7.05 Å². The van der Waals surface area contributed by atoms with E-state index in [1.165, 1.54) is 4.68 Å². The van der Waals surface area contributed by atoms with E-state index in [0.717, 1.165) is 0 Å². The van der Waals surface area contributed by atoms with Crippen molar-refractivity contribution < 1.29 is 5.11 Å². The zero-order valence-electron chi connectivity index (χ0n) is 4.50. The standard InChI is InChI=1S/C4H6N3O/c1-7-2-4(3-8)5-6-7/h8H,3H2,1H3. The molecule has 1 rings (SSSR count). The van der Waals surface area contributed by atoms with E-state index < -0.39 is 0 Å². The van der Waals surface area contributed by atoms with Gasteiger partial charge in [-0.05, 0) is 0 Å². The number of hydrogen-bond donors (Lipinski definition) is 1. The van der Waals surface area contributed by atoms with Crippen molar-refractivity contribution in [2.24, 2.45) is 7.05 Å². The van der Waals surface area contributed by atoms with Crippen molar-refractivity contribution >= 4 is 0 Å². The van der Waals surface area contributed by atoms with Gasteiger partial charge < -0.3 is 5.11 Å². The maximum atomic E-state index is 8.40. The second-order valence-corrected chi connectivity index (χ2v) is 1.43. The predicted octanol–water partition coefficient (Wildman–Crippen LogP) is -0.892. The lowest BCUT2D eigenvalue weighted by molar-refractivity contribution is 0.276. The molecule has 0 bridgehead atoms. The average Bonchev–Trinajstić information content (AvgIpc) is 2.14. The van der Waals surface area contributed by atoms with Crippen LogP contribution in [0.1, 0.15) is 5.69 Å². The van der Waals surface area contributed by atoms with Crippen molar-refractivity contribution in [3.63, 3.8) is 0 Å². The summed E-state index contributed by atoms with van der Waals surface area (Å²) in [5.74, 6) is 0. The molecule has 0 spiro atoms. The molecular formula is C4H6N3O. The van der Waals surface area contributed by atoms with E-state index in [0.29, 0.717) is 5.69 Å².